The van der Waals surface area contributed by atoms with E-state index in [2.05, 4.69) is 10.3 Å². The number of aliphatic imine (C=N–C) groups is 1. The molecule has 1 atom stereocenters. The number of guanidine groups is 1. The highest BCUT2D eigenvalue weighted by molar-refractivity contribution is 6.03. The van der Waals surface area contributed by atoms with Crippen LogP contribution in [0.2, 0.25) is 0 Å². The van der Waals surface area contributed by atoms with Crippen LogP contribution in [0.1, 0.15) is 22.6 Å². The molecule has 1 amide bonds. The minimum atomic E-state index is -1.06. The van der Waals surface area contributed by atoms with Crippen LogP contribution in [-0.4, -0.2) is 17.8 Å². The maximum absolute atomic E-state index is 12.9. The van der Waals surface area contributed by atoms with Crippen LogP contribution < -0.4 is 16.8 Å². The summed E-state index contributed by atoms with van der Waals surface area (Å²) >= 11 is 0. The summed E-state index contributed by atoms with van der Waals surface area (Å²) in [5.41, 5.74) is 13.6. The smallest absolute Gasteiger partial charge is 0.323 e. The number of carbonyl (C=O) groups is 2. The normalized spacial score (nSPS) is 10.9. The molecule has 0 heterocycles. The molecule has 7 nitrogen and oxygen atoms in total. The molecule has 0 saturated heterocycles. The lowest BCUT2D eigenvalue weighted by atomic mass is 9.98. The van der Waals surface area contributed by atoms with E-state index in [9.17, 15) is 9.59 Å². The standard InChI is InChI=1S/C24H24N4O3.ClH/c25-24(26)28-20-13-11-17(12-14-20)15-27-22(29)21(19-9-5-2-6-10-19)23(30)31-16-18-7-3-1-4-8-18;/h1-14,21H,15-16H2,(H,27,29)(H4,25,26,28);1H. The van der Waals surface area contributed by atoms with Gasteiger partial charge >= 0.3 is 5.97 Å². The number of nitrogens with one attached hydrogen (secondary N) is 1. The van der Waals surface area contributed by atoms with Gasteiger partial charge in [-0.15, -0.1) is 12.4 Å². The molecule has 1 unspecified atom stereocenters. The Balaban J connectivity index is 0.00000363. The molecule has 0 aliphatic heterocycles. The fraction of sp³-hybridized carbons (Fsp3) is 0.125. The molecule has 0 aliphatic carbocycles. The summed E-state index contributed by atoms with van der Waals surface area (Å²) in [5, 5.41) is 2.81. The molecule has 0 fully saturated rings. The van der Waals surface area contributed by atoms with E-state index in [-0.39, 0.29) is 31.5 Å². The zero-order valence-electron chi connectivity index (χ0n) is 17.3. The van der Waals surface area contributed by atoms with Gasteiger partial charge in [0.25, 0.3) is 0 Å². The summed E-state index contributed by atoms with van der Waals surface area (Å²) in [6, 6.07) is 25.3. The summed E-state index contributed by atoms with van der Waals surface area (Å²) in [6.07, 6.45) is 0. The molecule has 0 saturated carbocycles. The van der Waals surface area contributed by atoms with Gasteiger partial charge in [0.2, 0.25) is 5.91 Å². The Morgan fingerprint density at radius 3 is 2.03 bits per heavy atom. The van der Waals surface area contributed by atoms with Gasteiger partial charge in [0.05, 0.1) is 5.69 Å². The number of ether oxygens (including phenoxy) is 1. The molecule has 0 aromatic heterocycles. The number of carbonyl (C=O) groups excluding carboxylic acids is 2. The highest BCUT2D eigenvalue weighted by Gasteiger charge is 2.29. The molecule has 0 bridgehead atoms. The quantitative estimate of drug-likeness (QED) is 0.210. The monoisotopic (exact) mass is 452 g/mol. The van der Waals surface area contributed by atoms with Crippen molar-refractivity contribution in [2.75, 3.05) is 0 Å². The largest absolute Gasteiger partial charge is 0.460 e. The second-order valence-corrected chi connectivity index (χ2v) is 6.86. The summed E-state index contributed by atoms with van der Waals surface area (Å²) in [4.78, 5) is 29.7. The van der Waals surface area contributed by atoms with Crippen LogP contribution in [0.3, 0.4) is 0 Å². The third-order valence-electron chi connectivity index (χ3n) is 4.52. The number of nitrogens with two attached hydrogens (primary N) is 2. The fourth-order valence-corrected chi connectivity index (χ4v) is 2.98. The van der Waals surface area contributed by atoms with Crippen LogP contribution in [0.4, 0.5) is 5.69 Å². The van der Waals surface area contributed by atoms with Crippen LogP contribution >= 0.6 is 12.4 Å². The van der Waals surface area contributed by atoms with E-state index in [4.69, 9.17) is 16.2 Å². The van der Waals surface area contributed by atoms with Crippen molar-refractivity contribution < 1.29 is 14.3 Å². The summed E-state index contributed by atoms with van der Waals surface area (Å²) in [7, 11) is 0. The maximum atomic E-state index is 12.9. The Kier molecular flexibility index (Phi) is 9.25. The number of hydrogen-bond acceptors (Lipinski definition) is 4. The minimum absolute atomic E-state index is 0. The number of esters is 1. The molecular weight excluding hydrogens is 428 g/mol. The van der Waals surface area contributed by atoms with E-state index >= 15 is 0 Å². The number of benzene rings is 3. The first-order valence-corrected chi connectivity index (χ1v) is 9.75. The van der Waals surface area contributed by atoms with Gasteiger partial charge in [0.1, 0.15) is 6.61 Å². The third-order valence-corrected chi connectivity index (χ3v) is 4.52. The molecule has 3 aromatic rings. The van der Waals surface area contributed by atoms with Crippen LogP contribution in [0, 0.1) is 0 Å². The predicted molar refractivity (Wildman–Crippen MR) is 126 cm³/mol. The average molecular weight is 453 g/mol. The molecule has 3 rings (SSSR count). The lowest BCUT2D eigenvalue weighted by molar-refractivity contribution is -0.150. The SMILES string of the molecule is Cl.NC(N)=Nc1ccc(CNC(=O)C(C(=O)OCc2ccccc2)c2ccccc2)cc1. The third kappa shape index (κ3) is 7.14. The Hall–Kier alpha value is -3.84. The lowest BCUT2D eigenvalue weighted by Gasteiger charge is -2.17. The van der Waals surface area contributed by atoms with Crippen LogP contribution in [-0.2, 0) is 27.5 Å². The van der Waals surface area contributed by atoms with E-state index in [1.54, 1.807) is 48.5 Å². The second kappa shape index (κ2) is 12.1. The zero-order valence-corrected chi connectivity index (χ0v) is 18.1. The van der Waals surface area contributed by atoms with Crippen LogP contribution in [0.5, 0.6) is 0 Å². The van der Waals surface area contributed by atoms with E-state index < -0.39 is 17.8 Å². The summed E-state index contributed by atoms with van der Waals surface area (Å²) < 4.78 is 5.43. The minimum Gasteiger partial charge on any atom is -0.460 e. The predicted octanol–water partition coefficient (Wildman–Crippen LogP) is 3.16. The first-order valence-electron chi connectivity index (χ1n) is 9.75. The van der Waals surface area contributed by atoms with Crippen molar-refractivity contribution >= 4 is 35.9 Å². The number of hydrogen-bond donors (Lipinski definition) is 3. The van der Waals surface area contributed by atoms with Gasteiger partial charge in [-0.3, -0.25) is 9.59 Å². The Labute approximate surface area is 192 Å². The van der Waals surface area contributed by atoms with Gasteiger partial charge < -0.3 is 21.5 Å². The molecule has 8 heteroatoms. The first kappa shape index (κ1) is 24.4. The maximum Gasteiger partial charge on any atom is 0.323 e. The average Bonchev–Trinajstić information content (AvgIpc) is 2.78. The van der Waals surface area contributed by atoms with Gasteiger partial charge in [0.15, 0.2) is 11.9 Å². The van der Waals surface area contributed by atoms with Gasteiger partial charge in [-0.25, -0.2) is 4.99 Å². The number of halogens is 1. The number of nitrogens with zero attached hydrogens (tertiary/aromatic N) is 1. The fourth-order valence-electron chi connectivity index (χ4n) is 2.98. The van der Waals surface area contributed by atoms with E-state index in [1.807, 2.05) is 36.4 Å². The molecule has 32 heavy (non-hydrogen) atoms. The molecule has 0 radical (unpaired) electrons. The first-order chi connectivity index (χ1) is 15.0. The van der Waals surface area contributed by atoms with Crippen molar-refractivity contribution in [2.24, 2.45) is 16.5 Å². The molecule has 0 aliphatic rings. The Morgan fingerprint density at radius 1 is 0.844 bits per heavy atom. The van der Waals surface area contributed by atoms with Gasteiger partial charge in [-0.2, -0.15) is 0 Å². The van der Waals surface area contributed by atoms with Gasteiger partial charge in [-0.1, -0.05) is 72.8 Å². The van der Waals surface area contributed by atoms with E-state index in [1.165, 1.54) is 0 Å². The number of rotatable bonds is 8. The van der Waals surface area contributed by atoms with Crippen molar-refractivity contribution in [3.8, 4) is 0 Å². The lowest BCUT2D eigenvalue weighted by Crippen LogP contribution is -2.34. The van der Waals surface area contributed by atoms with Crippen LogP contribution in [0.15, 0.2) is 89.9 Å². The number of amides is 1. The van der Waals surface area contributed by atoms with E-state index in [0.717, 1.165) is 11.1 Å². The van der Waals surface area contributed by atoms with Crippen molar-refractivity contribution in [2.45, 2.75) is 19.1 Å². The van der Waals surface area contributed by atoms with Crippen molar-refractivity contribution in [1.82, 2.24) is 5.32 Å². The Morgan fingerprint density at radius 2 is 1.44 bits per heavy atom. The van der Waals surface area contributed by atoms with Crippen molar-refractivity contribution in [3.05, 3.63) is 102 Å². The topological polar surface area (TPSA) is 120 Å². The molecule has 0 spiro atoms. The molecule has 5 N–H and O–H groups in total. The van der Waals surface area contributed by atoms with Crippen LogP contribution in [0.25, 0.3) is 0 Å². The highest BCUT2D eigenvalue weighted by Crippen LogP contribution is 2.19. The highest BCUT2D eigenvalue weighted by atomic mass is 35.5. The molecule has 166 valence electrons. The van der Waals surface area contributed by atoms with Crippen molar-refractivity contribution in [1.29, 1.82) is 0 Å². The molecular formula is C24H25ClN4O3. The van der Waals surface area contributed by atoms with E-state index in [0.29, 0.717) is 11.3 Å². The molecule has 3 aromatic carbocycles. The Bertz CT molecular complexity index is 1040. The van der Waals surface area contributed by atoms with Gasteiger partial charge in [-0.05, 0) is 28.8 Å². The summed E-state index contributed by atoms with van der Waals surface area (Å²) in [5.74, 6) is -2.13. The summed E-state index contributed by atoms with van der Waals surface area (Å²) in [6.45, 7) is 0.346. The second-order valence-electron chi connectivity index (χ2n) is 6.86. The van der Waals surface area contributed by atoms with Crippen molar-refractivity contribution in [3.63, 3.8) is 0 Å². The van der Waals surface area contributed by atoms with Gasteiger partial charge in [0, 0.05) is 6.54 Å². The zero-order chi connectivity index (χ0) is 22.1.